The Morgan fingerprint density at radius 1 is 1.18 bits per heavy atom. The Hall–Kier alpha value is -2.36. The van der Waals surface area contributed by atoms with E-state index >= 15 is 0 Å². The highest BCUT2D eigenvalue weighted by atomic mass is 35.5. The van der Waals surface area contributed by atoms with Crippen LogP contribution >= 0.6 is 23.2 Å². The molecule has 0 atom stereocenters. The highest BCUT2D eigenvalue weighted by Crippen LogP contribution is 2.30. The first-order valence-electron chi connectivity index (χ1n) is 7.93. The van der Waals surface area contributed by atoms with Crippen LogP contribution in [0.5, 0.6) is 0 Å². The highest BCUT2D eigenvalue weighted by molar-refractivity contribution is 7.92. The summed E-state index contributed by atoms with van der Waals surface area (Å²) in [5, 5.41) is 11.3. The molecule has 2 aromatic rings. The number of carbonyl (C=O) groups excluding carboxylic acids is 1. The van der Waals surface area contributed by atoms with Gasteiger partial charge in [-0.15, -0.1) is 0 Å². The van der Waals surface area contributed by atoms with Gasteiger partial charge in [-0.05, 0) is 38.1 Å². The van der Waals surface area contributed by atoms with Gasteiger partial charge in [0.05, 0.1) is 21.6 Å². The minimum atomic E-state index is -4.36. The average molecular weight is 447 g/mol. The smallest absolute Gasteiger partial charge is 0.327 e. The molecule has 0 aliphatic carbocycles. The number of carbonyl (C=O) groups is 1. The second-order valence-electron chi connectivity index (χ2n) is 5.93. The van der Waals surface area contributed by atoms with Crippen LogP contribution in [0.15, 0.2) is 47.4 Å². The third-order valence-corrected chi connectivity index (χ3v) is 5.60. The molecule has 0 heterocycles. The zero-order chi connectivity index (χ0) is 21.1. The van der Waals surface area contributed by atoms with Crippen molar-refractivity contribution in [3.05, 3.63) is 62.6 Å². The van der Waals surface area contributed by atoms with Gasteiger partial charge < -0.3 is 4.74 Å². The minimum Gasteiger partial charge on any atom is -0.462 e. The molecule has 0 aromatic heterocycles. The number of ether oxygens (including phenoxy) is 1. The molecule has 2 aromatic carbocycles. The van der Waals surface area contributed by atoms with E-state index in [4.69, 9.17) is 27.9 Å². The van der Waals surface area contributed by atoms with E-state index in [-0.39, 0.29) is 20.6 Å². The van der Waals surface area contributed by atoms with Gasteiger partial charge in [-0.1, -0.05) is 29.3 Å². The Morgan fingerprint density at radius 2 is 1.79 bits per heavy atom. The van der Waals surface area contributed by atoms with Crippen LogP contribution in [-0.4, -0.2) is 32.0 Å². The molecule has 0 unspecified atom stereocenters. The number of anilines is 1. The second kappa shape index (κ2) is 8.76. The van der Waals surface area contributed by atoms with Gasteiger partial charge in [-0.2, -0.15) is 0 Å². The van der Waals surface area contributed by atoms with Gasteiger partial charge in [0.15, 0.2) is 0 Å². The number of nitro benzene ring substituents is 1. The normalized spacial score (nSPS) is 11.3. The number of rotatable bonds is 7. The fraction of sp³-hybridized carbons (Fsp3) is 0.235. The quantitative estimate of drug-likeness (QED) is 0.360. The van der Waals surface area contributed by atoms with Crippen molar-refractivity contribution >= 4 is 50.6 Å². The van der Waals surface area contributed by atoms with Crippen molar-refractivity contribution in [2.45, 2.75) is 24.8 Å². The Balaban J connectivity index is 2.57. The molecule has 28 heavy (non-hydrogen) atoms. The van der Waals surface area contributed by atoms with Gasteiger partial charge >= 0.3 is 5.97 Å². The molecule has 0 saturated carbocycles. The summed E-state index contributed by atoms with van der Waals surface area (Å²) in [5.41, 5.74) is -0.389. The van der Waals surface area contributed by atoms with E-state index in [2.05, 4.69) is 0 Å². The van der Waals surface area contributed by atoms with E-state index in [0.29, 0.717) is 0 Å². The Bertz CT molecular complexity index is 990. The first-order chi connectivity index (χ1) is 13.0. The maximum absolute atomic E-state index is 13.2. The summed E-state index contributed by atoms with van der Waals surface area (Å²) in [6.45, 7) is 2.57. The van der Waals surface area contributed by atoms with Crippen molar-refractivity contribution in [2.24, 2.45) is 0 Å². The minimum absolute atomic E-state index is 0.0183. The molecule has 0 N–H and O–H groups in total. The van der Waals surface area contributed by atoms with Gasteiger partial charge in [-0.3, -0.25) is 19.2 Å². The zero-order valence-electron chi connectivity index (χ0n) is 14.8. The summed E-state index contributed by atoms with van der Waals surface area (Å²) >= 11 is 11.9. The molecule has 0 fully saturated rings. The Morgan fingerprint density at radius 3 is 2.32 bits per heavy atom. The summed E-state index contributed by atoms with van der Waals surface area (Å²) < 4.78 is 32.1. The SMILES string of the molecule is CC(C)OC(=O)CN(c1cc(Cl)cc(Cl)c1)S(=O)(=O)c1cccc([N+](=O)[O-])c1. The first kappa shape index (κ1) is 21.9. The van der Waals surface area contributed by atoms with E-state index in [0.717, 1.165) is 16.4 Å². The van der Waals surface area contributed by atoms with E-state index < -0.39 is 39.3 Å². The number of hydrogen-bond acceptors (Lipinski definition) is 6. The molecule has 0 amide bonds. The molecule has 0 aliphatic rings. The second-order valence-corrected chi connectivity index (χ2v) is 8.67. The van der Waals surface area contributed by atoms with E-state index in [1.807, 2.05) is 0 Å². The van der Waals surface area contributed by atoms with Crippen LogP contribution in [0, 0.1) is 10.1 Å². The van der Waals surface area contributed by atoms with Crippen LogP contribution in [-0.2, 0) is 19.6 Å². The Kier molecular flexibility index (Phi) is 6.87. The molecule has 0 saturated heterocycles. The van der Waals surface area contributed by atoms with Gasteiger partial charge in [0.1, 0.15) is 6.54 Å². The summed E-state index contributed by atoms with van der Waals surface area (Å²) in [7, 11) is -4.36. The van der Waals surface area contributed by atoms with E-state index in [9.17, 15) is 23.3 Å². The molecular weight excluding hydrogens is 431 g/mol. The summed E-state index contributed by atoms with van der Waals surface area (Å²) in [6.07, 6.45) is -0.460. The van der Waals surface area contributed by atoms with Gasteiger partial charge in [0, 0.05) is 22.2 Å². The van der Waals surface area contributed by atoms with Gasteiger partial charge in [0.2, 0.25) is 0 Å². The topological polar surface area (TPSA) is 107 Å². The van der Waals surface area contributed by atoms with Crippen LogP contribution < -0.4 is 4.31 Å². The number of nitrogens with zero attached hydrogens (tertiary/aromatic N) is 2. The molecule has 0 spiro atoms. The molecule has 0 aliphatic heterocycles. The van der Waals surface area contributed by atoms with Crippen LogP contribution in [0.2, 0.25) is 10.0 Å². The number of hydrogen-bond donors (Lipinski definition) is 0. The fourth-order valence-corrected chi connectivity index (χ4v) is 4.25. The zero-order valence-corrected chi connectivity index (χ0v) is 17.2. The van der Waals surface area contributed by atoms with Crippen molar-refractivity contribution in [1.82, 2.24) is 0 Å². The lowest BCUT2D eigenvalue weighted by Gasteiger charge is -2.24. The van der Waals surface area contributed by atoms with E-state index in [1.54, 1.807) is 13.8 Å². The first-order valence-corrected chi connectivity index (χ1v) is 10.1. The lowest BCUT2D eigenvalue weighted by atomic mass is 10.3. The van der Waals surface area contributed by atoms with Crippen molar-refractivity contribution in [3.8, 4) is 0 Å². The van der Waals surface area contributed by atoms with E-state index in [1.165, 1.54) is 30.3 Å². The van der Waals surface area contributed by atoms with Crippen molar-refractivity contribution < 1.29 is 22.9 Å². The molecule has 150 valence electrons. The molecule has 2 rings (SSSR count). The van der Waals surface area contributed by atoms with Crippen LogP contribution in [0.25, 0.3) is 0 Å². The number of halogens is 2. The molecule has 8 nitrogen and oxygen atoms in total. The molecule has 0 bridgehead atoms. The summed E-state index contributed by atoms with van der Waals surface area (Å²) in [4.78, 5) is 22.1. The van der Waals surface area contributed by atoms with Crippen molar-refractivity contribution in [3.63, 3.8) is 0 Å². The number of nitro groups is 1. The molecule has 0 radical (unpaired) electrons. The maximum atomic E-state index is 13.2. The number of non-ortho nitro benzene ring substituents is 1. The average Bonchev–Trinajstić information content (AvgIpc) is 2.58. The monoisotopic (exact) mass is 446 g/mol. The number of sulfonamides is 1. The van der Waals surface area contributed by atoms with Gasteiger partial charge in [0.25, 0.3) is 15.7 Å². The third kappa shape index (κ3) is 5.34. The van der Waals surface area contributed by atoms with Crippen LogP contribution in [0.1, 0.15) is 13.8 Å². The molecular formula is C17H16Cl2N2O6S. The van der Waals surface area contributed by atoms with Crippen LogP contribution in [0.4, 0.5) is 11.4 Å². The predicted octanol–water partition coefficient (Wildman–Crippen LogP) is 4.05. The fourth-order valence-electron chi connectivity index (χ4n) is 2.30. The summed E-state index contributed by atoms with van der Waals surface area (Å²) in [5.74, 6) is -0.805. The standard InChI is InChI=1S/C17H16Cl2N2O6S/c1-11(2)27-17(22)10-20(15-7-12(18)6-13(19)8-15)28(25,26)16-5-3-4-14(9-16)21(23)24/h3-9,11H,10H2,1-2H3. The Labute approximate surface area is 171 Å². The lowest BCUT2D eigenvalue weighted by molar-refractivity contribution is -0.385. The third-order valence-electron chi connectivity index (χ3n) is 3.39. The van der Waals surface area contributed by atoms with Crippen LogP contribution in [0.3, 0.4) is 0 Å². The number of esters is 1. The van der Waals surface area contributed by atoms with Crippen molar-refractivity contribution in [1.29, 1.82) is 0 Å². The predicted molar refractivity (Wildman–Crippen MR) is 105 cm³/mol. The highest BCUT2D eigenvalue weighted by Gasteiger charge is 2.29. The molecule has 11 heteroatoms. The van der Waals surface area contributed by atoms with Gasteiger partial charge in [-0.25, -0.2) is 8.42 Å². The van der Waals surface area contributed by atoms with Crippen molar-refractivity contribution in [2.75, 3.05) is 10.8 Å². The summed E-state index contributed by atoms with van der Waals surface area (Å²) in [6, 6.07) is 8.51. The number of benzene rings is 2. The lowest BCUT2D eigenvalue weighted by Crippen LogP contribution is -2.37. The largest absolute Gasteiger partial charge is 0.462 e. The maximum Gasteiger partial charge on any atom is 0.327 e.